The van der Waals surface area contributed by atoms with Gasteiger partial charge in [-0.1, -0.05) is 13.2 Å². The van der Waals surface area contributed by atoms with E-state index in [1.807, 2.05) is 18.7 Å². The van der Waals surface area contributed by atoms with Crippen LogP contribution in [0.2, 0.25) is 0 Å². The van der Waals surface area contributed by atoms with Crippen LogP contribution >= 0.6 is 11.8 Å². The standard InChI is InChI=1S/C12H19N3S/c1-9(7-13-5-6-16-4)12-10(2)11(3)14-8-15-12/h8,13H,1,3,5-7H2,2,4H3,(H,14,15). The minimum atomic E-state index is 0.776. The lowest BCUT2D eigenvalue weighted by Crippen LogP contribution is -2.22. The van der Waals surface area contributed by atoms with E-state index < -0.39 is 0 Å². The Morgan fingerprint density at radius 1 is 1.62 bits per heavy atom. The SMILES string of the molecule is C=C(CNCCSC)C1=C(C)C(=C)NC=N1. The number of rotatable bonds is 6. The Labute approximate surface area is 102 Å². The van der Waals surface area contributed by atoms with Gasteiger partial charge in [0.1, 0.15) is 0 Å². The third-order valence-electron chi connectivity index (χ3n) is 2.40. The zero-order chi connectivity index (χ0) is 12.0. The van der Waals surface area contributed by atoms with Gasteiger partial charge in [-0.15, -0.1) is 0 Å². The molecule has 0 bridgehead atoms. The summed E-state index contributed by atoms with van der Waals surface area (Å²) < 4.78 is 0. The van der Waals surface area contributed by atoms with E-state index >= 15 is 0 Å². The van der Waals surface area contributed by atoms with E-state index in [1.54, 1.807) is 6.34 Å². The van der Waals surface area contributed by atoms with E-state index in [1.165, 1.54) is 0 Å². The van der Waals surface area contributed by atoms with Gasteiger partial charge in [0.05, 0.1) is 12.0 Å². The van der Waals surface area contributed by atoms with Gasteiger partial charge in [0.2, 0.25) is 0 Å². The highest BCUT2D eigenvalue weighted by Crippen LogP contribution is 2.20. The Bertz CT molecular complexity index is 342. The number of allylic oxidation sites excluding steroid dienone is 1. The minimum Gasteiger partial charge on any atom is -0.347 e. The largest absolute Gasteiger partial charge is 0.347 e. The van der Waals surface area contributed by atoms with Crippen LogP contribution in [0.1, 0.15) is 6.92 Å². The van der Waals surface area contributed by atoms with E-state index in [-0.39, 0.29) is 0 Å². The molecule has 1 aliphatic heterocycles. The maximum Gasteiger partial charge on any atom is 0.0930 e. The van der Waals surface area contributed by atoms with Gasteiger partial charge in [0.25, 0.3) is 0 Å². The number of hydrogen-bond acceptors (Lipinski definition) is 4. The van der Waals surface area contributed by atoms with Crippen LogP contribution in [0, 0.1) is 0 Å². The van der Waals surface area contributed by atoms with Gasteiger partial charge in [-0.25, -0.2) is 4.99 Å². The van der Waals surface area contributed by atoms with E-state index in [4.69, 9.17) is 0 Å². The Kier molecular flexibility index (Phi) is 5.35. The number of thioether (sulfide) groups is 1. The molecule has 0 aliphatic carbocycles. The molecule has 4 heteroatoms. The summed E-state index contributed by atoms with van der Waals surface area (Å²) in [6, 6.07) is 0. The van der Waals surface area contributed by atoms with Gasteiger partial charge in [0, 0.05) is 24.5 Å². The average Bonchev–Trinajstić information content (AvgIpc) is 2.28. The third-order valence-corrected chi connectivity index (χ3v) is 3.01. The highest BCUT2D eigenvalue weighted by molar-refractivity contribution is 7.98. The molecule has 1 rings (SSSR count). The lowest BCUT2D eigenvalue weighted by atomic mass is 10.1. The van der Waals surface area contributed by atoms with E-state index in [0.717, 1.165) is 41.4 Å². The fourth-order valence-corrected chi connectivity index (χ4v) is 1.72. The molecule has 0 amide bonds. The van der Waals surface area contributed by atoms with Crippen molar-refractivity contribution in [2.45, 2.75) is 6.92 Å². The summed E-state index contributed by atoms with van der Waals surface area (Å²) in [6.45, 7) is 11.7. The maximum absolute atomic E-state index is 4.30. The van der Waals surface area contributed by atoms with Crippen molar-refractivity contribution in [2.75, 3.05) is 25.1 Å². The molecule has 0 unspecified atom stereocenters. The average molecular weight is 237 g/mol. The zero-order valence-corrected chi connectivity index (χ0v) is 10.8. The fourth-order valence-electron chi connectivity index (χ4n) is 1.38. The third kappa shape index (κ3) is 3.54. The molecule has 0 saturated heterocycles. The predicted molar refractivity (Wildman–Crippen MR) is 73.9 cm³/mol. The molecule has 1 heterocycles. The molecule has 0 aromatic heterocycles. The van der Waals surface area contributed by atoms with Crippen molar-refractivity contribution < 1.29 is 0 Å². The number of nitrogens with zero attached hydrogens (tertiary/aromatic N) is 1. The Hall–Kier alpha value is -1.00. The first-order chi connectivity index (χ1) is 7.66. The quantitative estimate of drug-likeness (QED) is 0.693. The van der Waals surface area contributed by atoms with Crippen LogP contribution in [0.4, 0.5) is 0 Å². The summed E-state index contributed by atoms with van der Waals surface area (Å²) in [5.41, 5.74) is 3.92. The van der Waals surface area contributed by atoms with E-state index in [2.05, 4.69) is 35.0 Å². The minimum absolute atomic E-state index is 0.776. The molecule has 1 aliphatic rings. The van der Waals surface area contributed by atoms with Crippen molar-refractivity contribution in [1.29, 1.82) is 0 Å². The maximum atomic E-state index is 4.30. The second kappa shape index (κ2) is 6.55. The summed E-state index contributed by atoms with van der Waals surface area (Å²) >= 11 is 1.83. The second-order valence-corrected chi connectivity index (χ2v) is 4.61. The molecular formula is C12H19N3S. The first-order valence-electron chi connectivity index (χ1n) is 5.24. The van der Waals surface area contributed by atoms with Crippen molar-refractivity contribution in [1.82, 2.24) is 10.6 Å². The number of hydrogen-bond donors (Lipinski definition) is 2. The van der Waals surface area contributed by atoms with Gasteiger partial charge in [-0.2, -0.15) is 11.8 Å². The Balaban J connectivity index is 2.50. The summed E-state index contributed by atoms with van der Waals surface area (Å²) in [4.78, 5) is 4.30. The first-order valence-corrected chi connectivity index (χ1v) is 6.63. The van der Waals surface area contributed by atoms with Gasteiger partial charge in [-0.3, -0.25) is 0 Å². The summed E-state index contributed by atoms with van der Waals surface area (Å²) in [6.07, 6.45) is 3.77. The van der Waals surface area contributed by atoms with Gasteiger partial charge in [-0.05, 0) is 24.3 Å². The molecule has 0 radical (unpaired) electrons. The van der Waals surface area contributed by atoms with E-state index in [0.29, 0.717) is 0 Å². The van der Waals surface area contributed by atoms with Crippen molar-refractivity contribution >= 4 is 18.1 Å². The van der Waals surface area contributed by atoms with E-state index in [9.17, 15) is 0 Å². The summed E-state index contributed by atoms with van der Waals surface area (Å²) in [5, 5.41) is 6.32. The van der Waals surface area contributed by atoms with Crippen LogP contribution in [-0.2, 0) is 0 Å². The predicted octanol–water partition coefficient (Wildman–Crippen LogP) is 1.91. The molecular weight excluding hydrogens is 218 g/mol. The van der Waals surface area contributed by atoms with Crippen molar-refractivity contribution in [3.63, 3.8) is 0 Å². The fraction of sp³-hybridized carbons (Fsp3) is 0.417. The topological polar surface area (TPSA) is 36.4 Å². The Morgan fingerprint density at radius 3 is 3.06 bits per heavy atom. The molecule has 16 heavy (non-hydrogen) atoms. The zero-order valence-electron chi connectivity index (χ0n) is 9.97. The molecule has 0 atom stereocenters. The van der Waals surface area contributed by atoms with Crippen LogP contribution in [0.25, 0.3) is 0 Å². The first kappa shape index (κ1) is 13.1. The van der Waals surface area contributed by atoms with Crippen molar-refractivity contribution in [3.8, 4) is 0 Å². The molecule has 3 nitrogen and oxygen atoms in total. The van der Waals surface area contributed by atoms with Crippen LogP contribution in [-0.4, -0.2) is 31.4 Å². The van der Waals surface area contributed by atoms with Gasteiger partial charge in [0.15, 0.2) is 0 Å². The smallest absolute Gasteiger partial charge is 0.0930 e. The Morgan fingerprint density at radius 2 is 2.38 bits per heavy atom. The van der Waals surface area contributed by atoms with Crippen LogP contribution in [0.5, 0.6) is 0 Å². The number of aliphatic imine (C=N–C) groups is 1. The number of nitrogens with one attached hydrogen (secondary N) is 2. The van der Waals surface area contributed by atoms with Crippen LogP contribution in [0.3, 0.4) is 0 Å². The lowest BCUT2D eigenvalue weighted by molar-refractivity contribution is 0.783. The molecule has 0 saturated carbocycles. The van der Waals surface area contributed by atoms with Crippen molar-refractivity contribution in [3.05, 3.63) is 35.7 Å². The van der Waals surface area contributed by atoms with Crippen LogP contribution in [0.15, 0.2) is 40.7 Å². The summed E-state index contributed by atoms with van der Waals surface area (Å²) in [7, 11) is 0. The van der Waals surface area contributed by atoms with Crippen molar-refractivity contribution in [2.24, 2.45) is 4.99 Å². The highest BCUT2D eigenvalue weighted by atomic mass is 32.2. The molecule has 0 aromatic carbocycles. The molecule has 2 N–H and O–H groups in total. The monoisotopic (exact) mass is 237 g/mol. The normalized spacial score (nSPS) is 15.2. The molecule has 0 spiro atoms. The summed E-state index contributed by atoms with van der Waals surface area (Å²) in [5.74, 6) is 1.11. The highest BCUT2D eigenvalue weighted by Gasteiger charge is 2.11. The lowest BCUT2D eigenvalue weighted by Gasteiger charge is -2.17. The van der Waals surface area contributed by atoms with Crippen LogP contribution < -0.4 is 10.6 Å². The van der Waals surface area contributed by atoms with Gasteiger partial charge >= 0.3 is 0 Å². The second-order valence-electron chi connectivity index (χ2n) is 3.63. The molecule has 88 valence electrons. The van der Waals surface area contributed by atoms with Gasteiger partial charge < -0.3 is 10.6 Å². The molecule has 0 aromatic rings. The molecule has 0 fully saturated rings.